The molecule has 1 fully saturated rings. The van der Waals surface area contributed by atoms with Gasteiger partial charge in [0.25, 0.3) is 0 Å². The van der Waals surface area contributed by atoms with Crippen molar-refractivity contribution in [1.29, 1.82) is 0 Å². The van der Waals surface area contributed by atoms with Crippen LogP contribution in [0.25, 0.3) is 0 Å². The number of amides is 2. The summed E-state index contributed by atoms with van der Waals surface area (Å²) in [6.07, 6.45) is -2.70. The summed E-state index contributed by atoms with van der Waals surface area (Å²) in [5, 5.41) is 2.70. The Hall–Kier alpha value is -2.35. The summed E-state index contributed by atoms with van der Waals surface area (Å²) in [6, 6.07) is 4.65. The smallest absolute Gasteiger partial charge is 0.352 e. The van der Waals surface area contributed by atoms with E-state index in [1.165, 1.54) is 12.1 Å². The molecule has 0 spiro atoms. The van der Waals surface area contributed by atoms with Crippen molar-refractivity contribution in [2.75, 3.05) is 39.3 Å². The quantitative estimate of drug-likeness (QED) is 0.777. The topological polar surface area (TPSA) is 52.7 Å². The van der Waals surface area contributed by atoms with Crippen LogP contribution in [0.1, 0.15) is 11.1 Å². The van der Waals surface area contributed by atoms with E-state index in [1.807, 2.05) is 4.90 Å². The summed E-state index contributed by atoms with van der Waals surface area (Å²) >= 11 is 0. The van der Waals surface area contributed by atoms with E-state index >= 15 is 0 Å². The van der Waals surface area contributed by atoms with Crippen LogP contribution in [-0.4, -0.2) is 60.9 Å². The largest absolute Gasteiger partial charge is 0.416 e. The Labute approximate surface area is 150 Å². The highest BCUT2D eigenvalue weighted by atomic mass is 19.4. The summed E-state index contributed by atoms with van der Waals surface area (Å²) < 4.78 is 37.7. The monoisotopic (exact) mass is 369 g/mol. The fraction of sp³-hybridized carbons (Fsp3) is 0.444. The summed E-state index contributed by atoms with van der Waals surface area (Å²) in [5.74, 6) is -0.213. The van der Waals surface area contributed by atoms with Gasteiger partial charge in [-0.2, -0.15) is 13.2 Å². The number of nitrogens with one attached hydrogen (secondary N) is 1. The molecule has 0 saturated carbocycles. The third kappa shape index (κ3) is 5.87. The van der Waals surface area contributed by atoms with Crippen LogP contribution in [0.2, 0.25) is 0 Å². The first-order chi connectivity index (χ1) is 12.3. The van der Waals surface area contributed by atoms with E-state index in [1.54, 1.807) is 11.0 Å². The highest BCUT2D eigenvalue weighted by Crippen LogP contribution is 2.29. The fourth-order valence-corrected chi connectivity index (χ4v) is 2.70. The van der Waals surface area contributed by atoms with Gasteiger partial charge in [0, 0.05) is 32.7 Å². The first-order valence-corrected chi connectivity index (χ1v) is 8.33. The lowest BCUT2D eigenvalue weighted by Gasteiger charge is -2.34. The minimum atomic E-state index is -4.38. The summed E-state index contributed by atoms with van der Waals surface area (Å²) in [6.45, 7) is 6.38. The van der Waals surface area contributed by atoms with Gasteiger partial charge in [0.2, 0.25) is 11.8 Å². The molecule has 1 aliphatic rings. The van der Waals surface area contributed by atoms with Crippen LogP contribution >= 0.6 is 0 Å². The Morgan fingerprint density at radius 1 is 1.12 bits per heavy atom. The first kappa shape index (κ1) is 20.0. The second-order valence-electron chi connectivity index (χ2n) is 6.12. The third-order valence-electron chi connectivity index (χ3n) is 4.17. The molecule has 0 unspecified atom stereocenters. The molecule has 1 N–H and O–H groups in total. The van der Waals surface area contributed by atoms with E-state index in [-0.39, 0.29) is 24.8 Å². The normalized spacial score (nSPS) is 15.6. The van der Waals surface area contributed by atoms with E-state index in [2.05, 4.69) is 11.9 Å². The molecule has 142 valence electrons. The molecule has 1 saturated heterocycles. The van der Waals surface area contributed by atoms with Gasteiger partial charge < -0.3 is 10.2 Å². The molecular weight excluding hydrogens is 347 g/mol. The maximum absolute atomic E-state index is 12.6. The molecule has 0 aromatic heterocycles. The SMILES string of the molecule is C=CCNC(=O)CN1CCN(C(=O)Cc2ccc(C(F)(F)F)cc2)CC1. The van der Waals surface area contributed by atoms with Crippen molar-refractivity contribution in [2.45, 2.75) is 12.6 Å². The zero-order valence-electron chi connectivity index (χ0n) is 14.4. The Morgan fingerprint density at radius 2 is 1.73 bits per heavy atom. The van der Waals surface area contributed by atoms with Gasteiger partial charge in [-0.15, -0.1) is 6.58 Å². The van der Waals surface area contributed by atoms with Crippen LogP contribution in [0.15, 0.2) is 36.9 Å². The number of halogens is 3. The number of carbonyl (C=O) groups excluding carboxylic acids is 2. The van der Waals surface area contributed by atoms with Crippen LogP contribution in [0.4, 0.5) is 13.2 Å². The van der Waals surface area contributed by atoms with Gasteiger partial charge in [0.15, 0.2) is 0 Å². The van der Waals surface area contributed by atoms with Crippen molar-refractivity contribution in [2.24, 2.45) is 0 Å². The van der Waals surface area contributed by atoms with E-state index in [4.69, 9.17) is 0 Å². The lowest BCUT2D eigenvalue weighted by molar-refractivity contribution is -0.137. The number of rotatable bonds is 6. The predicted octanol–water partition coefficient (Wildman–Crippen LogP) is 1.69. The van der Waals surface area contributed by atoms with E-state index in [0.29, 0.717) is 38.3 Å². The maximum Gasteiger partial charge on any atom is 0.416 e. The fourth-order valence-electron chi connectivity index (χ4n) is 2.70. The molecule has 1 aromatic rings. The molecule has 1 aliphatic heterocycles. The van der Waals surface area contributed by atoms with Crippen molar-refractivity contribution < 1.29 is 22.8 Å². The van der Waals surface area contributed by atoms with Crippen LogP contribution in [0, 0.1) is 0 Å². The van der Waals surface area contributed by atoms with Crippen LogP contribution in [-0.2, 0) is 22.2 Å². The number of piperazine rings is 1. The predicted molar refractivity (Wildman–Crippen MR) is 91.4 cm³/mol. The van der Waals surface area contributed by atoms with Crippen LogP contribution < -0.4 is 5.32 Å². The molecule has 1 aromatic carbocycles. The van der Waals surface area contributed by atoms with E-state index < -0.39 is 11.7 Å². The Morgan fingerprint density at radius 3 is 2.27 bits per heavy atom. The molecule has 1 heterocycles. The molecule has 0 aliphatic carbocycles. The van der Waals surface area contributed by atoms with Gasteiger partial charge in [-0.1, -0.05) is 18.2 Å². The molecule has 2 amide bonds. The van der Waals surface area contributed by atoms with Crippen LogP contribution in [0.5, 0.6) is 0 Å². The molecule has 5 nitrogen and oxygen atoms in total. The molecule has 0 atom stereocenters. The lowest BCUT2D eigenvalue weighted by Crippen LogP contribution is -2.51. The average molecular weight is 369 g/mol. The third-order valence-corrected chi connectivity index (χ3v) is 4.17. The number of hydrogen-bond donors (Lipinski definition) is 1. The first-order valence-electron chi connectivity index (χ1n) is 8.33. The van der Waals surface area contributed by atoms with Crippen molar-refractivity contribution in [1.82, 2.24) is 15.1 Å². The Balaban J connectivity index is 1.79. The van der Waals surface area contributed by atoms with Crippen molar-refractivity contribution in [3.63, 3.8) is 0 Å². The molecule has 0 bridgehead atoms. The average Bonchev–Trinajstić information content (AvgIpc) is 2.60. The second-order valence-corrected chi connectivity index (χ2v) is 6.12. The molecule has 0 radical (unpaired) electrons. The minimum Gasteiger partial charge on any atom is -0.352 e. The summed E-state index contributed by atoms with van der Waals surface area (Å²) in [4.78, 5) is 27.6. The number of alkyl halides is 3. The molecule has 26 heavy (non-hydrogen) atoms. The van der Waals surface area contributed by atoms with Crippen molar-refractivity contribution in [3.05, 3.63) is 48.0 Å². The zero-order chi connectivity index (χ0) is 19.2. The van der Waals surface area contributed by atoms with E-state index in [9.17, 15) is 22.8 Å². The Kier molecular flexibility index (Phi) is 6.79. The van der Waals surface area contributed by atoms with Gasteiger partial charge >= 0.3 is 6.18 Å². The molecular formula is C18H22F3N3O2. The molecule has 8 heteroatoms. The summed E-state index contributed by atoms with van der Waals surface area (Å²) in [5.41, 5.74) is -0.175. The number of carbonyl (C=O) groups is 2. The van der Waals surface area contributed by atoms with Gasteiger partial charge in [-0.25, -0.2) is 0 Å². The van der Waals surface area contributed by atoms with Gasteiger partial charge in [0.05, 0.1) is 18.5 Å². The number of benzene rings is 1. The number of nitrogens with zero attached hydrogens (tertiary/aromatic N) is 2. The highest BCUT2D eigenvalue weighted by molar-refractivity contribution is 5.79. The molecule has 2 rings (SSSR count). The Bertz CT molecular complexity index is 636. The van der Waals surface area contributed by atoms with Crippen LogP contribution in [0.3, 0.4) is 0 Å². The standard InChI is InChI=1S/C18H22F3N3O2/c1-2-7-22-16(25)13-23-8-10-24(11-9-23)17(26)12-14-3-5-15(6-4-14)18(19,20)21/h2-6H,1,7-13H2,(H,22,25). The van der Waals surface area contributed by atoms with Gasteiger partial charge in [-0.05, 0) is 17.7 Å². The second kappa shape index (κ2) is 8.84. The van der Waals surface area contributed by atoms with Gasteiger partial charge in [-0.3, -0.25) is 14.5 Å². The number of hydrogen-bond acceptors (Lipinski definition) is 3. The highest BCUT2D eigenvalue weighted by Gasteiger charge is 2.30. The zero-order valence-corrected chi connectivity index (χ0v) is 14.4. The summed E-state index contributed by atoms with van der Waals surface area (Å²) in [7, 11) is 0. The minimum absolute atomic E-state index is 0.0674. The maximum atomic E-state index is 12.6. The van der Waals surface area contributed by atoms with E-state index in [0.717, 1.165) is 12.1 Å². The van der Waals surface area contributed by atoms with Gasteiger partial charge in [0.1, 0.15) is 0 Å². The van der Waals surface area contributed by atoms with Crippen molar-refractivity contribution in [3.8, 4) is 0 Å². The van der Waals surface area contributed by atoms with Crippen molar-refractivity contribution >= 4 is 11.8 Å². The lowest BCUT2D eigenvalue weighted by atomic mass is 10.1.